The molecule has 2 aromatic rings. The zero-order chi connectivity index (χ0) is 19.2. The highest BCUT2D eigenvalue weighted by atomic mass is 16.4. The molecule has 1 fully saturated rings. The number of H-pyrrole nitrogens is 1. The second kappa shape index (κ2) is 8.64. The Morgan fingerprint density at radius 2 is 1.85 bits per heavy atom. The Morgan fingerprint density at radius 1 is 1.15 bits per heavy atom. The number of hydrogen-bond donors (Lipinski definition) is 2. The third kappa shape index (κ3) is 5.52. The van der Waals surface area contributed by atoms with Crippen LogP contribution < -0.4 is 11.2 Å². The summed E-state index contributed by atoms with van der Waals surface area (Å²) in [7, 11) is 0. The van der Waals surface area contributed by atoms with Crippen LogP contribution in [-0.4, -0.2) is 38.6 Å². The Balaban J connectivity index is 1.50. The molecule has 0 spiro atoms. The van der Waals surface area contributed by atoms with Crippen molar-refractivity contribution in [2.75, 3.05) is 13.1 Å². The summed E-state index contributed by atoms with van der Waals surface area (Å²) in [5.41, 5.74) is 1.35. The van der Waals surface area contributed by atoms with Gasteiger partial charge in [-0.05, 0) is 49.1 Å². The molecule has 142 valence electrons. The van der Waals surface area contributed by atoms with Gasteiger partial charge in [-0.15, -0.1) is 0 Å². The number of aromatic nitrogens is 2. The number of rotatable bonds is 6. The summed E-state index contributed by atoms with van der Waals surface area (Å²) in [6, 6.07) is 9.26. The smallest absolute Gasteiger partial charge is 0.328 e. The van der Waals surface area contributed by atoms with Crippen molar-refractivity contribution < 1.29 is 9.90 Å². The first-order chi connectivity index (χ1) is 13.0. The van der Waals surface area contributed by atoms with E-state index in [0.29, 0.717) is 12.5 Å². The number of nitrogens with zero attached hydrogens (tertiary/aromatic N) is 2. The van der Waals surface area contributed by atoms with Crippen molar-refractivity contribution in [1.82, 2.24) is 14.5 Å². The number of likely N-dealkylation sites (tertiary alicyclic amines) is 1. The van der Waals surface area contributed by atoms with Gasteiger partial charge in [0.2, 0.25) is 0 Å². The number of hydrogen-bond acceptors (Lipinski definition) is 4. The summed E-state index contributed by atoms with van der Waals surface area (Å²) in [5.74, 6) is -0.528. The van der Waals surface area contributed by atoms with E-state index in [1.807, 2.05) is 24.3 Å². The van der Waals surface area contributed by atoms with Gasteiger partial charge in [-0.1, -0.05) is 24.3 Å². The van der Waals surface area contributed by atoms with Crippen molar-refractivity contribution in [2.45, 2.75) is 25.9 Å². The highest BCUT2D eigenvalue weighted by Crippen LogP contribution is 2.20. The number of aromatic amines is 1. The fourth-order valence-corrected chi connectivity index (χ4v) is 3.35. The fourth-order valence-electron chi connectivity index (χ4n) is 3.35. The SMILES string of the molecule is O=C(O)C=Cc1ccc(CN2CCC(Cn3ccc(=O)[nH]c3=O)CC2)cc1. The molecule has 1 aromatic heterocycles. The Bertz CT molecular complexity index is 919. The average molecular weight is 369 g/mol. The predicted molar refractivity (Wildman–Crippen MR) is 102 cm³/mol. The van der Waals surface area contributed by atoms with E-state index in [0.717, 1.165) is 44.1 Å². The van der Waals surface area contributed by atoms with E-state index in [9.17, 15) is 14.4 Å². The minimum Gasteiger partial charge on any atom is -0.478 e. The normalized spacial score (nSPS) is 16.0. The van der Waals surface area contributed by atoms with Crippen molar-refractivity contribution in [3.63, 3.8) is 0 Å². The van der Waals surface area contributed by atoms with Gasteiger partial charge in [0.1, 0.15) is 0 Å². The second-order valence-corrected chi connectivity index (χ2v) is 6.90. The van der Waals surface area contributed by atoms with E-state index < -0.39 is 5.97 Å². The standard InChI is InChI=1S/C20H23N3O4/c24-18-9-12-23(20(27)21-18)14-17-7-10-22(11-8-17)13-16-3-1-15(2-4-16)5-6-19(25)26/h1-6,9,12,17H,7-8,10-11,13-14H2,(H,25,26)(H,21,24,27). The first-order valence-corrected chi connectivity index (χ1v) is 9.02. The van der Waals surface area contributed by atoms with Crippen LogP contribution >= 0.6 is 0 Å². The van der Waals surface area contributed by atoms with Gasteiger partial charge in [0, 0.05) is 31.4 Å². The van der Waals surface area contributed by atoms with Crippen molar-refractivity contribution in [2.24, 2.45) is 5.92 Å². The molecular weight excluding hydrogens is 346 g/mol. The number of carboxylic acids is 1. The molecule has 7 nitrogen and oxygen atoms in total. The number of aliphatic carboxylic acids is 1. The number of carboxylic acid groups (broad SMARTS) is 1. The monoisotopic (exact) mass is 369 g/mol. The Morgan fingerprint density at radius 3 is 2.48 bits per heavy atom. The minimum atomic E-state index is -0.953. The van der Waals surface area contributed by atoms with E-state index in [4.69, 9.17) is 5.11 Å². The topological polar surface area (TPSA) is 95.4 Å². The minimum absolute atomic E-state index is 0.345. The molecule has 27 heavy (non-hydrogen) atoms. The van der Waals surface area contributed by atoms with Crippen LogP contribution in [0, 0.1) is 5.92 Å². The lowest BCUT2D eigenvalue weighted by Gasteiger charge is -2.32. The van der Waals surface area contributed by atoms with Crippen LogP contribution in [0.25, 0.3) is 6.08 Å². The average Bonchev–Trinajstić information content (AvgIpc) is 2.65. The molecular formula is C20H23N3O4. The van der Waals surface area contributed by atoms with Gasteiger partial charge in [-0.2, -0.15) is 0 Å². The summed E-state index contributed by atoms with van der Waals surface area (Å²) in [5, 5.41) is 8.66. The van der Waals surface area contributed by atoms with E-state index in [-0.39, 0.29) is 11.2 Å². The van der Waals surface area contributed by atoms with Gasteiger partial charge in [0.05, 0.1) is 0 Å². The second-order valence-electron chi connectivity index (χ2n) is 6.90. The van der Waals surface area contributed by atoms with E-state index in [2.05, 4.69) is 9.88 Å². The maximum atomic E-state index is 11.8. The number of carbonyl (C=O) groups is 1. The predicted octanol–water partition coefficient (Wildman–Crippen LogP) is 1.55. The van der Waals surface area contributed by atoms with Crippen LogP contribution in [0.3, 0.4) is 0 Å². The third-order valence-corrected chi connectivity index (χ3v) is 4.86. The zero-order valence-corrected chi connectivity index (χ0v) is 15.0. The maximum absolute atomic E-state index is 11.8. The first-order valence-electron chi connectivity index (χ1n) is 9.02. The molecule has 2 heterocycles. The van der Waals surface area contributed by atoms with Crippen LogP contribution in [0.2, 0.25) is 0 Å². The number of nitrogens with one attached hydrogen (secondary N) is 1. The molecule has 0 unspecified atom stereocenters. The third-order valence-electron chi connectivity index (χ3n) is 4.86. The van der Waals surface area contributed by atoms with Gasteiger partial charge in [-0.25, -0.2) is 9.59 Å². The zero-order valence-electron chi connectivity index (χ0n) is 15.0. The molecule has 1 aliphatic rings. The Hall–Kier alpha value is -2.93. The quantitative estimate of drug-likeness (QED) is 0.753. The number of benzene rings is 1. The molecule has 0 amide bonds. The molecule has 3 rings (SSSR count). The summed E-state index contributed by atoms with van der Waals surface area (Å²) in [4.78, 5) is 38.1. The van der Waals surface area contributed by atoms with E-state index >= 15 is 0 Å². The molecule has 0 aliphatic carbocycles. The van der Waals surface area contributed by atoms with E-state index in [1.165, 1.54) is 11.6 Å². The lowest BCUT2D eigenvalue weighted by atomic mass is 9.96. The highest BCUT2D eigenvalue weighted by Gasteiger charge is 2.20. The lowest BCUT2D eigenvalue weighted by molar-refractivity contribution is -0.131. The Kier molecular flexibility index (Phi) is 6.03. The largest absolute Gasteiger partial charge is 0.478 e. The summed E-state index contributed by atoms with van der Waals surface area (Å²) in [6.45, 7) is 3.41. The van der Waals surface area contributed by atoms with Crippen LogP contribution in [0.15, 0.2) is 52.2 Å². The summed E-state index contributed by atoms with van der Waals surface area (Å²) in [6.07, 6.45) is 6.29. The Labute approximate surface area is 156 Å². The maximum Gasteiger partial charge on any atom is 0.328 e. The first kappa shape index (κ1) is 18.8. The van der Waals surface area contributed by atoms with Crippen LogP contribution in [0.1, 0.15) is 24.0 Å². The van der Waals surface area contributed by atoms with Gasteiger partial charge in [0.25, 0.3) is 5.56 Å². The fraction of sp³-hybridized carbons (Fsp3) is 0.350. The van der Waals surface area contributed by atoms with Gasteiger partial charge in [-0.3, -0.25) is 14.7 Å². The molecule has 0 saturated carbocycles. The molecule has 1 saturated heterocycles. The molecule has 7 heteroatoms. The van der Waals surface area contributed by atoms with Crippen LogP contribution in [0.4, 0.5) is 0 Å². The van der Waals surface area contributed by atoms with Gasteiger partial charge in [0.15, 0.2) is 0 Å². The number of piperidine rings is 1. The molecule has 1 aromatic carbocycles. The van der Waals surface area contributed by atoms with Crippen molar-refractivity contribution in [3.05, 3.63) is 74.6 Å². The van der Waals surface area contributed by atoms with Gasteiger partial charge >= 0.3 is 11.7 Å². The van der Waals surface area contributed by atoms with Crippen molar-refractivity contribution in [1.29, 1.82) is 0 Å². The molecule has 0 radical (unpaired) electrons. The molecule has 2 N–H and O–H groups in total. The van der Waals surface area contributed by atoms with Crippen LogP contribution in [-0.2, 0) is 17.9 Å². The summed E-state index contributed by atoms with van der Waals surface area (Å²) >= 11 is 0. The molecule has 0 bridgehead atoms. The molecule has 1 aliphatic heterocycles. The van der Waals surface area contributed by atoms with Crippen molar-refractivity contribution >= 4 is 12.0 Å². The van der Waals surface area contributed by atoms with Crippen molar-refractivity contribution in [3.8, 4) is 0 Å². The van der Waals surface area contributed by atoms with Gasteiger partial charge < -0.3 is 9.67 Å². The highest BCUT2D eigenvalue weighted by molar-refractivity contribution is 5.85. The van der Waals surface area contributed by atoms with Crippen LogP contribution in [0.5, 0.6) is 0 Å². The lowest BCUT2D eigenvalue weighted by Crippen LogP contribution is -2.37. The molecule has 0 atom stereocenters. The van der Waals surface area contributed by atoms with E-state index in [1.54, 1.807) is 16.8 Å². The summed E-state index contributed by atoms with van der Waals surface area (Å²) < 4.78 is 1.57.